The van der Waals surface area contributed by atoms with Gasteiger partial charge in [-0.2, -0.15) is 0 Å². The second-order valence-electron chi connectivity index (χ2n) is 3.67. The maximum atomic E-state index is 11.8. The third-order valence-electron chi connectivity index (χ3n) is 2.40. The van der Waals surface area contributed by atoms with E-state index in [1.165, 1.54) is 17.6 Å². The summed E-state index contributed by atoms with van der Waals surface area (Å²) in [6.07, 6.45) is 0.679. The number of furan rings is 1. The fourth-order valence-electron chi connectivity index (χ4n) is 1.46. The van der Waals surface area contributed by atoms with Crippen LogP contribution in [-0.2, 0) is 0 Å². The molecule has 0 spiro atoms. The van der Waals surface area contributed by atoms with Crippen LogP contribution in [0.25, 0.3) is 0 Å². The summed E-state index contributed by atoms with van der Waals surface area (Å²) in [5.74, 6) is 0.288. The lowest BCUT2D eigenvalue weighted by Crippen LogP contribution is -2.28. The molecule has 90 valence electrons. The van der Waals surface area contributed by atoms with Crippen molar-refractivity contribution in [2.45, 2.75) is 13.0 Å². The molecule has 2 rings (SSSR count). The van der Waals surface area contributed by atoms with Crippen molar-refractivity contribution in [2.24, 2.45) is 0 Å². The van der Waals surface area contributed by atoms with Crippen LogP contribution in [0.5, 0.6) is 0 Å². The molecule has 0 fully saturated rings. The predicted octanol–water partition coefficient (Wildman–Crippen LogP) is 2.11. The summed E-state index contributed by atoms with van der Waals surface area (Å²) in [7, 11) is 0. The van der Waals surface area contributed by atoms with E-state index >= 15 is 0 Å². The lowest BCUT2D eigenvalue weighted by Gasteiger charge is -2.09. The van der Waals surface area contributed by atoms with Crippen LogP contribution in [-0.4, -0.2) is 17.6 Å². The zero-order chi connectivity index (χ0) is 12.3. The van der Waals surface area contributed by atoms with Gasteiger partial charge in [-0.1, -0.05) is 0 Å². The van der Waals surface area contributed by atoms with Crippen LogP contribution in [0.4, 0.5) is 0 Å². The first-order chi connectivity index (χ1) is 8.18. The van der Waals surface area contributed by atoms with Crippen molar-refractivity contribution in [1.82, 2.24) is 5.32 Å². The Morgan fingerprint density at radius 3 is 3.00 bits per heavy atom. The Morgan fingerprint density at radius 2 is 2.41 bits per heavy atom. The smallest absolute Gasteiger partial charge is 0.261 e. The summed E-state index contributed by atoms with van der Waals surface area (Å²) in [5.41, 5.74) is 0.944. The van der Waals surface area contributed by atoms with Gasteiger partial charge >= 0.3 is 0 Å². The molecule has 1 unspecified atom stereocenters. The van der Waals surface area contributed by atoms with Gasteiger partial charge in [0.05, 0.1) is 17.7 Å². The maximum absolute atomic E-state index is 11.8. The van der Waals surface area contributed by atoms with Crippen LogP contribution >= 0.6 is 11.3 Å². The molecule has 0 saturated carbocycles. The van der Waals surface area contributed by atoms with Gasteiger partial charge in [0.25, 0.3) is 5.91 Å². The number of hydrogen-bond donors (Lipinski definition) is 2. The van der Waals surface area contributed by atoms with E-state index in [9.17, 15) is 9.90 Å². The van der Waals surface area contributed by atoms with Crippen molar-refractivity contribution in [2.75, 3.05) is 6.54 Å². The van der Waals surface area contributed by atoms with E-state index in [-0.39, 0.29) is 12.5 Å². The maximum Gasteiger partial charge on any atom is 0.261 e. The second kappa shape index (κ2) is 5.16. The number of nitrogens with one attached hydrogen (secondary N) is 1. The summed E-state index contributed by atoms with van der Waals surface area (Å²) in [4.78, 5) is 12.4. The zero-order valence-electron chi connectivity index (χ0n) is 9.34. The van der Waals surface area contributed by atoms with Gasteiger partial charge in [0.1, 0.15) is 11.9 Å². The Bertz CT molecular complexity index is 490. The molecule has 1 amide bonds. The average Bonchev–Trinajstić information content (AvgIpc) is 2.95. The summed E-state index contributed by atoms with van der Waals surface area (Å²) in [5, 5.41) is 14.3. The molecule has 0 aliphatic carbocycles. The number of carbonyl (C=O) groups excluding carboxylic acids is 1. The molecule has 5 heteroatoms. The molecule has 4 nitrogen and oxygen atoms in total. The lowest BCUT2D eigenvalue weighted by molar-refractivity contribution is 0.0904. The molecule has 17 heavy (non-hydrogen) atoms. The topological polar surface area (TPSA) is 62.5 Å². The molecule has 0 aromatic carbocycles. The Hall–Kier alpha value is -1.59. The monoisotopic (exact) mass is 251 g/mol. The Morgan fingerprint density at radius 1 is 1.59 bits per heavy atom. The van der Waals surface area contributed by atoms with Crippen molar-refractivity contribution in [3.63, 3.8) is 0 Å². The highest BCUT2D eigenvalue weighted by molar-refractivity contribution is 7.12. The SMILES string of the molecule is Cc1ccsc1C(=O)NCC(O)c1ccco1. The third kappa shape index (κ3) is 2.75. The van der Waals surface area contributed by atoms with Gasteiger partial charge in [0, 0.05) is 0 Å². The van der Waals surface area contributed by atoms with E-state index in [1.807, 2.05) is 18.4 Å². The fraction of sp³-hybridized carbons (Fsp3) is 0.250. The minimum Gasteiger partial charge on any atom is -0.467 e. The number of aliphatic hydroxyl groups excluding tert-OH is 1. The molecule has 2 aromatic heterocycles. The molecule has 2 heterocycles. The highest BCUT2D eigenvalue weighted by Gasteiger charge is 2.14. The van der Waals surface area contributed by atoms with E-state index in [0.29, 0.717) is 10.6 Å². The first-order valence-corrected chi connectivity index (χ1v) is 6.10. The first kappa shape index (κ1) is 11.9. The standard InChI is InChI=1S/C12H13NO3S/c1-8-4-6-17-11(8)12(15)13-7-9(14)10-3-2-5-16-10/h2-6,9,14H,7H2,1H3,(H,13,15). The fourth-order valence-corrected chi connectivity index (χ4v) is 2.30. The summed E-state index contributed by atoms with van der Waals surface area (Å²) >= 11 is 1.39. The van der Waals surface area contributed by atoms with Crippen LogP contribution < -0.4 is 5.32 Å². The highest BCUT2D eigenvalue weighted by atomic mass is 32.1. The van der Waals surface area contributed by atoms with E-state index in [0.717, 1.165) is 5.56 Å². The number of aliphatic hydroxyl groups is 1. The quantitative estimate of drug-likeness (QED) is 0.874. The average molecular weight is 251 g/mol. The van der Waals surface area contributed by atoms with Crippen LogP contribution in [0.2, 0.25) is 0 Å². The first-order valence-electron chi connectivity index (χ1n) is 5.22. The van der Waals surface area contributed by atoms with E-state index in [4.69, 9.17) is 4.42 Å². The number of rotatable bonds is 4. The van der Waals surface area contributed by atoms with Crippen molar-refractivity contribution in [1.29, 1.82) is 0 Å². The van der Waals surface area contributed by atoms with E-state index in [2.05, 4.69) is 5.32 Å². The summed E-state index contributed by atoms with van der Waals surface area (Å²) in [6.45, 7) is 2.03. The van der Waals surface area contributed by atoms with Crippen LogP contribution in [0.3, 0.4) is 0 Å². The highest BCUT2D eigenvalue weighted by Crippen LogP contribution is 2.16. The van der Waals surface area contributed by atoms with Gasteiger partial charge in [-0.05, 0) is 36.1 Å². The Balaban J connectivity index is 1.91. The van der Waals surface area contributed by atoms with Crippen molar-refractivity contribution >= 4 is 17.2 Å². The molecule has 1 atom stereocenters. The number of aryl methyl sites for hydroxylation is 1. The zero-order valence-corrected chi connectivity index (χ0v) is 10.2. The van der Waals surface area contributed by atoms with Gasteiger partial charge < -0.3 is 14.8 Å². The summed E-state index contributed by atoms with van der Waals surface area (Å²) in [6, 6.07) is 5.26. The molecule has 0 saturated heterocycles. The minimum absolute atomic E-state index is 0.143. The number of amides is 1. The van der Waals surface area contributed by atoms with Crippen molar-refractivity contribution in [3.05, 3.63) is 46.0 Å². The third-order valence-corrected chi connectivity index (χ3v) is 3.41. The second-order valence-corrected chi connectivity index (χ2v) is 4.59. The van der Waals surface area contributed by atoms with Crippen molar-refractivity contribution < 1.29 is 14.3 Å². The van der Waals surface area contributed by atoms with Gasteiger partial charge in [-0.3, -0.25) is 4.79 Å². The largest absolute Gasteiger partial charge is 0.467 e. The molecule has 0 aliphatic rings. The van der Waals surface area contributed by atoms with E-state index in [1.54, 1.807) is 12.1 Å². The predicted molar refractivity (Wildman–Crippen MR) is 65.1 cm³/mol. The van der Waals surface area contributed by atoms with Crippen LogP contribution in [0.1, 0.15) is 27.1 Å². The summed E-state index contributed by atoms with van der Waals surface area (Å²) < 4.78 is 5.04. The molecule has 0 bridgehead atoms. The molecular formula is C12H13NO3S. The Kier molecular flexibility index (Phi) is 3.61. The van der Waals surface area contributed by atoms with Gasteiger partial charge in [0.15, 0.2) is 0 Å². The van der Waals surface area contributed by atoms with Crippen molar-refractivity contribution in [3.8, 4) is 0 Å². The van der Waals surface area contributed by atoms with Gasteiger partial charge in [-0.15, -0.1) is 11.3 Å². The van der Waals surface area contributed by atoms with Crippen LogP contribution in [0.15, 0.2) is 34.3 Å². The lowest BCUT2D eigenvalue weighted by atomic mass is 10.2. The van der Waals surface area contributed by atoms with E-state index < -0.39 is 6.10 Å². The van der Waals surface area contributed by atoms with Crippen LogP contribution in [0, 0.1) is 6.92 Å². The molecule has 2 N–H and O–H groups in total. The number of carbonyl (C=O) groups is 1. The molecule has 0 aliphatic heterocycles. The number of thiophene rings is 1. The number of hydrogen-bond acceptors (Lipinski definition) is 4. The minimum atomic E-state index is -0.811. The molecule has 2 aromatic rings. The molecule has 0 radical (unpaired) electrons. The van der Waals surface area contributed by atoms with Gasteiger partial charge in [-0.25, -0.2) is 0 Å². The molecular weight excluding hydrogens is 238 g/mol. The normalized spacial score (nSPS) is 12.4. The Labute approximate surface area is 103 Å². The van der Waals surface area contributed by atoms with Gasteiger partial charge in [0.2, 0.25) is 0 Å².